The van der Waals surface area contributed by atoms with E-state index in [4.69, 9.17) is 9.84 Å². The van der Waals surface area contributed by atoms with E-state index < -0.39 is 18.3 Å². The first-order valence-electron chi connectivity index (χ1n) is 4.78. The molecule has 1 aliphatic heterocycles. The maximum Gasteiger partial charge on any atom is 0.312 e. The lowest BCUT2D eigenvalue weighted by Crippen LogP contribution is -2.36. The Morgan fingerprint density at radius 2 is 2.21 bits per heavy atom. The number of hydrogen-bond acceptors (Lipinski definition) is 3. The van der Waals surface area contributed by atoms with Gasteiger partial charge in [-0.1, -0.05) is 0 Å². The van der Waals surface area contributed by atoms with Crippen molar-refractivity contribution < 1.29 is 19.4 Å². The average Bonchev–Trinajstić information content (AvgIpc) is 2.15. The molecule has 5 nitrogen and oxygen atoms in total. The standard InChI is InChI=1S/C9H15NO4/c11-8(5-9(12)13)10-6-7-3-1-2-4-14-7/h7H,1-6H2,(H,10,11)(H,12,13). The summed E-state index contributed by atoms with van der Waals surface area (Å²) >= 11 is 0. The second-order valence-electron chi connectivity index (χ2n) is 3.36. The number of ether oxygens (including phenoxy) is 1. The Bertz CT molecular complexity index is 211. The third kappa shape index (κ3) is 4.23. The quantitative estimate of drug-likeness (QED) is 0.635. The van der Waals surface area contributed by atoms with E-state index in [1.54, 1.807) is 0 Å². The van der Waals surface area contributed by atoms with E-state index >= 15 is 0 Å². The Hall–Kier alpha value is -1.10. The van der Waals surface area contributed by atoms with Crippen molar-refractivity contribution in [2.75, 3.05) is 13.2 Å². The van der Waals surface area contributed by atoms with Crippen LogP contribution in [0.3, 0.4) is 0 Å². The van der Waals surface area contributed by atoms with Crippen LogP contribution in [-0.2, 0) is 14.3 Å². The van der Waals surface area contributed by atoms with Crippen molar-refractivity contribution in [1.29, 1.82) is 0 Å². The monoisotopic (exact) mass is 201 g/mol. The molecule has 1 atom stereocenters. The predicted octanol–water partition coefficient (Wildman–Crippen LogP) is 0.146. The van der Waals surface area contributed by atoms with Crippen molar-refractivity contribution >= 4 is 11.9 Å². The number of carboxylic acid groups (broad SMARTS) is 1. The van der Waals surface area contributed by atoms with Crippen molar-refractivity contribution in [2.24, 2.45) is 0 Å². The number of carbonyl (C=O) groups is 2. The highest BCUT2D eigenvalue weighted by molar-refractivity contribution is 5.93. The summed E-state index contributed by atoms with van der Waals surface area (Å²) in [6.45, 7) is 1.16. The number of carboxylic acids is 1. The molecule has 1 fully saturated rings. The molecule has 1 saturated heterocycles. The maximum atomic E-state index is 10.9. The first-order valence-corrected chi connectivity index (χ1v) is 4.78. The van der Waals surface area contributed by atoms with Gasteiger partial charge in [-0.25, -0.2) is 0 Å². The molecular weight excluding hydrogens is 186 g/mol. The molecule has 1 amide bonds. The van der Waals surface area contributed by atoms with Crippen LogP contribution >= 0.6 is 0 Å². The topological polar surface area (TPSA) is 75.6 Å². The van der Waals surface area contributed by atoms with Gasteiger partial charge in [-0.3, -0.25) is 9.59 Å². The summed E-state index contributed by atoms with van der Waals surface area (Å²) in [5.41, 5.74) is 0. The summed E-state index contributed by atoms with van der Waals surface area (Å²) in [6.07, 6.45) is 2.71. The van der Waals surface area contributed by atoms with Gasteiger partial charge in [0.05, 0.1) is 6.10 Å². The predicted molar refractivity (Wildman–Crippen MR) is 48.9 cm³/mol. The molecule has 1 heterocycles. The lowest BCUT2D eigenvalue weighted by atomic mass is 10.1. The maximum absolute atomic E-state index is 10.9. The molecule has 0 aromatic heterocycles. The van der Waals surface area contributed by atoms with Gasteiger partial charge in [0.2, 0.25) is 5.91 Å². The molecule has 0 saturated carbocycles. The van der Waals surface area contributed by atoms with Crippen molar-refractivity contribution in [1.82, 2.24) is 5.32 Å². The fourth-order valence-corrected chi connectivity index (χ4v) is 1.40. The van der Waals surface area contributed by atoms with E-state index in [0.29, 0.717) is 6.54 Å². The van der Waals surface area contributed by atoms with Crippen LogP contribution in [0.2, 0.25) is 0 Å². The van der Waals surface area contributed by atoms with Crippen LogP contribution in [0.25, 0.3) is 0 Å². The van der Waals surface area contributed by atoms with Gasteiger partial charge in [0.1, 0.15) is 6.42 Å². The Morgan fingerprint density at radius 1 is 1.43 bits per heavy atom. The summed E-state index contributed by atoms with van der Waals surface area (Å²) in [4.78, 5) is 21.1. The highest BCUT2D eigenvalue weighted by Crippen LogP contribution is 2.11. The van der Waals surface area contributed by atoms with Crippen molar-refractivity contribution in [3.8, 4) is 0 Å². The summed E-state index contributed by atoms with van der Waals surface area (Å²) in [5.74, 6) is -1.56. The molecular formula is C9H15NO4. The van der Waals surface area contributed by atoms with E-state index in [2.05, 4.69) is 5.32 Å². The fraction of sp³-hybridized carbons (Fsp3) is 0.778. The van der Waals surface area contributed by atoms with Crippen LogP contribution in [0, 0.1) is 0 Å². The van der Waals surface area contributed by atoms with E-state index in [-0.39, 0.29) is 6.10 Å². The molecule has 0 radical (unpaired) electrons. The molecule has 0 aliphatic carbocycles. The Balaban J connectivity index is 2.12. The molecule has 0 aromatic carbocycles. The van der Waals surface area contributed by atoms with Crippen LogP contribution < -0.4 is 5.32 Å². The molecule has 5 heteroatoms. The normalized spacial score (nSPS) is 21.6. The Kier molecular flexibility index (Phi) is 4.39. The third-order valence-corrected chi connectivity index (χ3v) is 2.11. The van der Waals surface area contributed by atoms with Gasteiger partial charge < -0.3 is 15.2 Å². The van der Waals surface area contributed by atoms with Gasteiger partial charge >= 0.3 is 5.97 Å². The molecule has 14 heavy (non-hydrogen) atoms. The second kappa shape index (κ2) is 5.59. The summed E-state index contributed by atoms with van der Waals surface area (Å²) < 4.78 is 5.37. The van der Waals surface area contributed by atoms with Gasteiger partial charge in [0.25, 0.3) is 0 Å². The number of aliphatic carboxylic acids is 1. The van der Waals surface area contributed by atoms with Gasteiger partial charge in [-0.05, 0) is 19.3 Å². The first-order chi connectivity index (χ1) is 6.68. The third-order valence-electron chi connectivity index (χ3n) is 2.11. The van der Waals surface area contributed by atoms with Crippen LogP contribution in [0.1, 0.15) is 25.7 Å². The highest BCUT2D eigenvalue weighted by atomic mass is 16.5. The molecule has 1 unspecified atom stereocenters. The van der Waals surface area contributed by atoms with Gasteiger partial charge in [-0.2, -0.15) is 0 Å². The molecule has 0 spiro atoms. The average molecular weight is 201 g/mol. The first kappa shape index (κ1) is 11.0. The molecule has 0 aromatic rings. The van der Waals surface area contributed by atoms with Crippen LogP contribution in [0.15, 0.2) is 0 Å². The molecule has 2 N–H and O–H groups in total. The van der Waals surface area contributed by atoms with E-state index in [9.17, 15) is 9.59 Å². The molecule has 0 bridgehead atoms. The van der Waals surface area contributed by atoms with E-state index in [1.165, 1.54) is 0 Å². The van der Waals surface area contributed by atoms with Crippen LogP contribution in [0.4, 0.5) is 0 Å². The molecule has 1 aliphatic rings. The minimum Gasteiger partial charge on any atom is -0.481 e. The molecule has 1 rings (SSSR count). The van der Waals surface area contributed by atoms with Crippen LogP contribution in [-0.4, -0.2) is 36.2 Å². The smallest absolute Gasteiger partial charge is 0.312 e. The zero-order valence-corrected chi connectivity index (χ0v) is 7.99. The van der Waals surface area contributed by atoms with Crippen LogP contribution in [0.5, 0.6) is 0 Å². The van der Waals surface area contributed by atoms with Crippen molar-refractivity contribution in [3.05, 3.63) is 0 Å². The summed E-state index contributed by atoms with van der Waals surface area (Å²) in [5, 5.41) is 10.9. The molecule has 80 valence electrons. The van der Waals surface area contributed by atoms with Crippen molar-refractivity contribution in [2.45, 2.75) is 31.8 Å². The lowest BCUT2D eigenvalue weighted by Gasteiger charge is -2.22. The van der Waals surface area contributed by atoms with Gasteiger partial charge in [0.15, 0.2) is 0 Å². The summed E-state index contributed by atoms with van der Waals surface area (Å²) in [7, 11) is 0. The highest BCUT2D eigenvalue weighted by Gasteiger charge is 2.15. The Labute approximate surface area is 82.4 Å². The van der Waals surface area contributed by atoms with E-state index in [1.807, 2.05) is 0 Å². The summed E-state index contributed by atoms with van der Waals surface area (Å²) in [6, 6.07) is 0. The largest absolute Gasteiger partial charge is 0.481 e. The fourth-order valence-electron chi connectivity index (χ4n) is 1.40. The SMILES string of the molecule is O=C(O)CC(=O)NCC1CCCCO1. The lowest BCUT2D eigenvalue weighted by molar-refractivity contribution is -0.140. The zero-order valence-electron chi connectivity index (χ0n) is 7.99. The minimum absolute atomic E-state index is 0.0569. The number of carbonyl (C=O) groups excluding carboxylic acids is 1. The number of amides is 1. The zero-order chi connectivity index (χ0) is 10.4. The second-order valence-corrected chi connectivity index (χ2v) is 3.36. The Morgan fingerprint density at radius 3 is 2.79 bits per heavy atom. The van der Waals surface area contributed by atoms with Gasteiger partial charge in [-0.15, -0.1) is 0 Å². The minimum atomic E-state index is -1.10. The number of rotatable bonds is 4. The number of nitrogens with one attached hydrogen (secondary N) is 1. The van der Waals surface area contributed by atoms with Gasteiger partial charge in [0, 0.05) is 13.2 Å². The van der Waals surface area contributed by atoms with Crippen molar-refractivity contribution in [3.63, 3.8) is 0 Å². The number of hydrogen-bond donors (Lipinski definition) is 2. The van der Waals surface area contributed by atoms with E-state index in [0.717, 1.165) is 25.9 Å².